The number of carbonyl (C=O) groups excluding carboxylic acids is 2. The van der Waals surface area contributed by atoms with Crippen molar-refractivity contribution in [2.45, 2.75) is 77.9 Å². The van der Waals surface area contributed by atoms with Crippen molar-refractivity contribution in [2.75, 3.05) is 20.1 Å². The summed E-state index contributed by atoms with van der Waals surface area (Å²) in [6.45, 7) is 13.6. The van der Waals surface area contributed by atoms with E-state index < -0.39 is 0 Å². The van der Waals surface area contributed by atoms with Crippen LogP contribution in [0.25, 0.3) is 0 Å². The number of hydrogen-bond donors (Lipinski definition) is 3. The monoisotopic (exact) mass is 442 g/mol. The maximum absolute atomic E-state index is 13.2. The molecule has 1 aromatic rings. The lowest BCUT2D eigenvalue weighted by molar-refractivity contribution is -0.125. The van der Waals surface area contributed by atoms with Crippen LogP contribution < -0.4 is 16.0 Å². The lowest BCUT2D eigenvalue weighted by Crippen LogP contribution is -2.52. The summed E-state index contributed by atoms with van der Waals surface area (Å²) >= 11 is 0. The largest absolute Gasteiger partial charge is 0.362 e. The first-order chi connectivity index (χ1) is 15.4. The minimum Gasteiger partial charge on any atom is -0.362 e. The molecule has 2 amide bonds. The van der Waals surface area contributed by atoms with E-state index in [1.54, 1.807) is 7.05 Å². The van der Waals surface area contributed by atoms with Gasteiger partial charge in [-0.25, -0.2) is 0 Å². The minimum absolute atomic E-state index is 0.0483. The van der Waals surface area contributed by atoms with E-state index in [9.17, 15) is 9.59 Å². The Bertz CT molecular complexity index is 754. The van der Waals surface area contributed by atoms with Gasteiger partial charge in [-0.05, 0) is 49.8 Å². The zero-order chi connectivity index (χ0) is 23.7. The summed E-state index contributed by atoms with van der Waals surface area (Å²) in [7, 11) is 1.76. The summed E-state index contributed by atoms with van der Waals surface area (Å²) in [5.41, 5.74) is 3.51. The highest BCUT2D eigenvalue weighted by Crippen LogP contribution is 2.28. The van der Waals surface area contributed by atoms with Crippen molar-refractivity contribution < 1.29 is 9.59 Å². The van der Waals surface area contributed by atoms with E-state index in [2.05, 4.69) is 65.5 Å². The lowest BCUT2D eigenvalue weighted by atomic mass is 9.95. The molecular weight excluding hydrogens is 400 g/mol. The highest BCUT2D eigenvalue weighted by atomic mass is 16.2. The third kappa shape index (κ3) is 6.35. The first-order valence-corrected chi connectivity index (χ1v) is 12.2. The molecule has 6 heteroatoms. The number of hydrogen-bond acceptors (Lipinski definition) is 4. The second-order valence-electron chi connectivity index (χ2n) is 8.69. The van der Waals surface area contributed by atoms with Gasteiger partial charge in [-0.1, -0.05) is 65.0 Å². The van der Waals surface area contributed by atoms with Crippen LogP contribution in [0, 0.1) is 5.92 Å². The molecule has 1 heterocycles. The number of fused-ring (bicyclic) bond motifs is 1. The smallest absolute Gasteiger partial charge is 0.242 e. The molecule has 1 fully saturated rings. The van der Waals surface area contributed by atoms with Gasteiger partial charge in [0.05, 0.1) is 12.6 Å². The van der Waals surface area contributed by atoms with E-state index in [0.29, 0.717) is 0 Å². The van der Waals surface area contributed by atoms with E-state index in [1.165, 1.54) is 11.1 Å². The Morgan fingerprint density at radius 2 is 1.81 bits per heavy atom. The molecule has 2 unspecified atom stereocenters. The van der Waals surface area contributed by atoms with Gasteiger partial charge in [0.15, 0.2) is 0 Å². The van der Waals surface area contributed by atoms with E-state index in [4.69, 9.17) is 0 Å². The molecule has 1 aromatic carbocycles. The number of rotatable bonds is 9. The van der Waals surface area contributed by atoms with E-state index >= 15 is 0 Å². The quantitative estimate of drug-likeness (QED) is 0.550. The van der Waals surface area contributed by atoms with Gasteiger partial charge < -0.3 is 20.9 Å². The zero-order valence-corrected chi connectivity index (χ0v) is 20.5. The van der Waals surface area contributed by atoms with Crippen LogP contribution in [-0.4, -0.2) is 55.0 Å². The van der Waals surface area contributed by atoms with Crippen molar-refractivity contribution in [2.24, 2.45) is 5.92 Å². The number of benzene rings is 1. The average Bonchev–Trinajstić information content (AvgIpc) is 3.44. The molecule has 6 nitrogen and oxygen atoms in total. The fourth-order valence-corrected chi connectivity index (χ4v) is 4.69. The summed E-state index contributed by atoms with van der Waals surface area (Å²) in [4.78, 5) is 27.5. The van der Waals surface area contributed by atoms with Crippen LogP contribution in [0.4, 0.5) is 0 Å². The summed E-state index contributed by atoms with van der Waals surface area (Å²) in [6.07, 6.45) is 4.49. The van der Waals surface area contributed by atoms with Crippen molar-refractivity contribution in [3.8, 4) is 0 Å². The molecule has 0 bridgehead atoms. The Balaban J connectivity index is 0.00000176. The number of likely N-dealkylation sites (N-methyl/N-ethyl adjacent to an activating group) is 1. The van der Waals surface area contributed by atoms with Crippen molar-refractivity contribution in [1.82, 2.24) is 20.9 Å². The molecule has 3 atom stereocenters. The summed E-state index contributed by atoms with van der Waals surface area (Å²) < 4.78 is 0. The van der Waals surface area contributed by atoms with Gasteiger partial charge >= 0.3 is 0 Å². The predicted molar refractivity (Wildman–Crippen MR) is 131 cm³/mol. The molecule has 0 spiro atoms. The Morgan fingerprint density at radius 3 is 2.38 bits per heavy atom. The van der Waals surface area contributed by atoms with Gasteiger partial charge in [0, 0.05) is 18.3 Å². The molecule has 2 aliphatic rings. The van der Waals surface area contributed by atoms with Crippen LogP contribution in [0.2, 0.25) is 0 Å². The van der Waals surface area contributed by atoms with Crippen LogP contribution in [0.5, 0.6) is 0 Å². The van der Waals surface area contributed by atoms with Crippen LogP contribution in [0.1, 0.15) is 58.1 Å². The Hall–Kier alpha value is -2.34. The SMILES string of the molecule is C=C(C(NC(=O)CNC)[C@@H](C)CC)N1CCCC1C(=O)NC1Cc2ccccc2C1.CC. The molecule has 0 radical (unpaired) electrons. The first-order valence-electron chi connectivity index (χ1n) is 12.2. The molecule has 32 heavy (non-hydrogen) atoms. The number of amides is 2. The van der Waals surface area contributed by atoms with Crippen molar-refractivity contribution in [3.05, 3.63) is 47.7 Å². The first kappa shape index (κ1) is 25.9. The molecule has 0 aromatic heterocycles. The molecule has 1 aliphatic heterocycles. The molecule has 178 valence electrons. The number of nitrogens with zero attached hydrogens (tertiary/aromatic N) is 1. The maximum atomic E-state index is 13.2. The molecular formula is C26H42N4O2. The van der Waals surface area contributed by atoms with Crippen LogP contribution >= 0.6 is 0 Å². The molecule has 1 saturated heterocycles. The highest BCUT2D eigenvalue weighted by Gasteiger charge is 2.36. The molecule has 3 rings (SSSR count). The van der Waals surface area contributed by atoms with Gasteiger partial charge in [0.2, 0.25) is 11.8 Å². The second-order valence-corrected chi connectivity index (χ2v) is 8.69. The van der Waals surface area contributed by atoms with E-state index in [1.807, 2.05) is 13.8 Å². The van der Waals surface area contributed by atoms with Crippen molar-refractivity contribution >= 4 is 11.8 Å². The standard InChI is InChI=1S/C24H36N4O2.C2H6/c1-5-16(2)23(27-22(29)15-25-4)17(3)28-12-8-11-21(28)24(30)26-20-13-18-9-6-7-10-19(18)14-20;1-2/h6-7,9-10,16,20-21,23,25H,3,5,8,11-15H2,1-2,4H3,(H,26,30)(H,27,29);1-2H3/t16-,21?,23?;/m0./s1. The van der Waals surface area contributed by atoms with Crippen molar-refractivity contribution in [3.63, 3.8) is 0 Å². The molecule has 1 aliphatic carbocycles. The Morgan fingerprint density at radius 1 is 1.19 bits per heavy atom. The minimum atomic E-state index is -0.214. The molecule has 0 saturated carbocycles. The second kappa shape index (κ2) is 12.6. The van der Waals surface area contributed by atoms with Gasteiger partial charge in [-0.15, -0.1) is 0 Å². The van der Waals surface area contributed by atoms with Gasteiger partial charge in [-0.2, -0.15) is 0 Å². The van der Waals surface area contributed by atoms with Crippen LogP contribution in [0.15, 0.2) is 36.5 Å². The predicted octanol–water partition coefficient (Wildman–Crippen LogP) is 3.02. The summed E-state index contributed by atoms with van der Waals surface area (Å²) in [5, 5.41) is 9.29. The zero-order valence-electron chi connectivity index (χ0n) is 20.5. The number of likely N-dealkylation sites (tertiary alicyclic amines) is 1. The number of nitrogens with one attached hydrogen (secondary N) is 3. The molecule has 3 N–H and O–H groups in total. The van der Waals surface area contributed by atoms with Crippen LogP contribution in [0.3, 0.4) is 0 Å². The van der Waals surface area contributed by atoms with Crippen LogP contribution in [-0.2, 0) is 22.4 Å². The number of carbonyl (C=O) groups is 2. The topological polar surface area (TPSA) is 73.5 Å². The fraction of sp³-hybridized carbons (Fsp3) is 0.615. The summed E-state index contributed by atoms with van der Waals surface area (Å²) in [6, 6.07) is 8.19. The normalized spacial score (nSPS) is 19.4. The van der Waals surface area contributed by atoms with Gasteiger partial charge in [-0.3, -0.25) is 9.59 Å². The fourth-order valence-electron chi connectivity index (χ4n) is 4.69. The van der Waals surface area contributed by atoms with Gasteiger partial charge in [0.1, 0.15) is 6.04 Å². The summed E-state index contributed by atoms with van der Waals surface area (Å²) in [5.74, 6) is 0.274. The Kier molecular flexibility index (Phi) is 10.2. The maximum Gasteiger partial charge on any atom is 0.242 e. The van der Waals surface area contributed by atoms with E-state index in [0.717, 1.165) is 44.3 Å². The van der Waals surface area contributed by atoms with Crippen molar-refractivity contribution in [1.29, 1.82) is 0 Å². The third-order valence-electron chi connectivity index (χ3n) is 6.55. The average molecular weight is 443 g/mol. The van der Waals surface area contributed by atoms with E-state index in [-0.39, 0.29) is 42.4 Å². The third-order valence-corrected chi connectivity index (χ3v) is 6.55. The highest BCUT2D eigenvalue weighted by molar-refractivity contribution is 5.83. The van der Waals surface area contributed by atoms with Gasteiger partial charge in [0.25, 0.3) is 0 Å². The lowest BCUT2D eigenvalue weighted by Gasteiger charge is -2.36. The Labute approximate surface area is 194 Å².